The third kappa shape index (κ3) is 5.84. The summed E-state index contributed by atoms with van der Waals surface area (Å²) in [5, 5.41) is 1.51. The first kappa shape index (κ1) is 20.0. The lowest BCUT2D eigenvalue weighted by atomic mass is 9.79. The molecule has 1 aromatic carbocycles. The van der Waals surface area contributed by atoms with Crippen molar-refractivity contribution >= 4 is 19.2 Å². The quantitative estimate of drug-likeness (QED) is 0.282. The third-order valence-corrected chi connectivity index (χ3v) is 9.21. The average molecular weight is 359 g/mol. The zero-order valence-corrected chi connectivity index (χ0v) is 17.4. The maximum Gasteiger partial charge on any atom is 0.333 e. The van der Waals surface area contributed by atoms with Crippen molar-refractivity contribution in [2.75, 3.05) is 6.61 Å². The monoisotopic (exact) mass is 358 g/mol. The molecule has 0 amide bonds. The summed E-state index contributed by atoms with van der Waals surface area (Å²) in [6.45, 7) is 13.0. The third-order valence-electron chi connectivity index (χ3n) is 5.71. The van der Waals surface area contributed by atoms with E-state index < -0.39 is 8.07 Å². The summed E-state index contributed by atoms with van der Waals surface area (Å²) in [6.07, 6.45) is 6.36. The predicted octanol–water partition coefficient (Wildman–Crippen LogP) is 5.41. The van der Waals surface area contributed by atoms with Crippen molar-refractivity contribution in [2.45, 2.75) is 71.0 Å². The molecular formula is C22H34O2Si. The van der Waals surface area contributed by atoms with Gasteiger partial charge in [-0.05, 0) is 43.6 Å². The predicted molar refractivity (Wildman–Crippen MR) is 109 cm³/mol. The first-order valence-corrected chi connectivity index (χ1v) is 12.9. The smallest absolute Gasteiger partial charge is 0.333 e. The van der Waals surface area contributed by atoms with Crippen molar-refractivity contribution in [3.63, 3.8) is 0 Å². The summed E-state index contributed by atoms with van der Waals surface area (Å²) in [6, 6.07) is 10.6. The Bertz CT molecular complexity index is 581. The second-order valence-corrected chi connectivity index (χ2v) is 13.3. The summed E-state index contributed by atoms with van der Waals surface area (Å²) < 4.78 is 5.23. The van der Waals surface area contributed by atoms with Crippen LogP contribution < -0.4 is 5.19 Å². The average Bonchev–Trinajstić information content (AvgIpc) is 2.59. The molecule has 0 atom stereocenters. The number of benzene rings is 1. The topological polar surface area (TPSA) is 26.3 Å². The standard InChI is InChI=1S/C22H34O2Si/c1-17(2)22(23)24-15-6-16-25(4,5)21-13-11-20(12-14-21)19-9-7-18(3)8-10-19/h11-14,18-19H,1,6-10,15-16H2,2-5H3. The first-order valence-electron chi connectivity index (χ1n) is 9.72. The van der Waals surface area contributed by atoms with E-state index in [0.717, 1.165) is 24.3 Å². The first-order chi connectivity index (χ1) is 11.8. The molecule has 0 bridgehead atoms. The number of hydrogen-bond acceptors (Lipinski definition) is 2. The number of hydrogen-bond donors (Lipinski definition) is 0. The molecule has 2 nitrogen and oxygen atoms in total. The number of esters is 1. The number of carbonyl (C=O) groups is 1. The molecule has 1 saturated carbocycles. The van der Waals surface area contributed by atoms with Crippen molar-refractivity contribution in [1.82, 2.24) is 0 Å². The molecule has 1 aliphatic carbocycles. The van der Waals surface area contributed by atoms with Crippen molar-refractivity contribution in [3.05, 3.63) is 42.0 Å². The van der Waals surface area contributed by atoms with Crippen LogP contribution in [0, 0.1) is 5.92 Å². The normalized spacial score (nSPS) is 21.0. The minimum atomic E-state index is -1.48. The van der Waals surface area contributed by atoms with E-state index in [1.54, 1.807) is 6.92 Å². The van der Waals surface area contributed by atoms with E-state index in [4.69, 9.17) is 4.74 Å². The minimum Gasteiger partial charge on any atom is -0.462 e. The molecule has 1 fully saturated rings. The molecular weight excluding hydrogens is 324 g/mol. The summed E-state index contributed by atoms with van der Waals surface area (Å²) in [4.78, 5) is 11.4. The largest absolute Gasteiger partial charge is 0.462 e. The van der Waals surface area contributed by atoms with E-state index in [2.05, 4.69) is 50.9 Å². The fourth-order valence-electron chi connectivity index (χ4n) is 3.75. The maximum absolute atomic E-state index is 11.4. The van der Waals surface area contributed by atoms with Gasteiger partial charge in [-0.2, -0.15) is 0 Å². The van der Waals surface area contributed by atoms with Crippen LogP contribution in [-0.2, 0) is 9.53 Å². The molecule has 0 aromatic heterocycles. The van der Waals surface area contributed by atoms with E-state index in [-0.39, 0.29) is 5.97 Å². The van der Waals surface area contributed by atoms with Crippen LogP contribution in [0.15, 0.2) is 36.4 Å². The molecule has 0 unspecified atom stereocenters. The number of carbonyl (C=O) groups excluding carboxylic acids is 1. The highest BCUT2D eigenvalue weighted by Gasteiger charge is 2.24. The van der Waals surface area contributed by atoms with Crippen LogP contribution in [0.25, 0.3) is 0 Å². The molecule has 138 valence electrons. The summed E-state index contributed by atoms with van der Waals surface area (Å²) in [7, 11) is -1.48. The molecule has 25 heavy (non-hydrogen) atoms. The van der Waals surface area contributed by atoms with Gasteiger partial charge in [-0.25, -0.2) is 4.79 Å². The van der Waals surface area contributed by atoms with Crippen LogP contribution >= 0.6 is 0 Å². The Hall–Kier alpha value is -1.35. The van der Waals surface area contributed by atoms with Crippen molar-refractivity contribution in [2.24, 2.45) is 5.92 Å². The van der Waals surface area contributed by atoms with E-state index in [1.807, 2.05) is 0 Å². The van der Waals surface area contributed by atoms with Gasteiger partial charge >= 0.3 is 5.97 Å². The Morgan fingerprint density at radius 3 is 2.32 bits per heavy atom. The number of ether oxygens (including phenoxy) is 1. The van der Waals surface area contributed by atoms with Gasteiger partial charge in [0.2, 0.25) is 0 Å². The van der Waals surface area contributed by atoms with Gasteiger partial charge in [-0.1, -0.05) is 74.9 Å². The van der Waals surface area contributed by atoms with Crippen molar-refractivity contribution in [3.8, 4) is 0 Å². The van der Waals surface area contributed by atoms with E-state index in [1.165, 1.54) is 36.4 Å². The summed E-state index contributed by atoms with van der Waals surface area (Å²) >= 11 is 0. The van der Waals surface area contributed by atoms with E-state index in [9.17, 15) is 4.79 Å². The Kier molecular flexibility index (Phi) is 7.06. The summed E-state index contributed by atoms with van der Waals surface area (Å²) in [5.41, 5.74) is 2.00. The fourth-order valence-corrected chi connectivity index (χ4v) is 6.13. The van der Waals surface area contributed by atoms with Crippen LogP contribution in [0.4, 0.5) is 0 Å². The molecule has 1 aliphatic rings. The molecule has 0 saturated heterocycles. The molecule has 0 N–H and O–H groups in total. The highest BCUT2D eigenvalue weighted by atomic mass is 28.3. The van der Waals surface area contributed by atoms with Crippen LogP contribution in [-0.4, -0.2) is 20.7 Å². The highest BCUT2D eigenvalue weighted by molar-refractivity contribution is 6.89. The molecule has 0 spiro atoms. The second-order valence-electron chi connectivity index (χ2n) is 8.48. The molecule has 1 aromatic rings. The SMILES string of the molecule is C=C(C)C(=O)OCCC[Si](C)(C)c1ccc(C2CCC(C)CC2)cc1. The molecule has 0 heterocycles. The van der Waals surface area contributed by atoms with Crippen LogP contribution in [0.3, 0.4) is 0 Å². The Balaban J connectivity index is 1.86. The van der Waals surface area contributed by atoms with Gasteiger partial charge in [0.25, 0.3) is 0 Å². The summed E-state index contributed by atoms with van der Waals surface area (Å²) in [5.74, 6) is 1.39. The van der Waals surface area contributed by atoms with Crippen LogP contribution in [0.2, 0.25) is 19.1 Å². The zero-order valence-electron chi connectivity index (χ0n) is 16.4. The molecule has 0 radical (unpaired) electrons. The lowest BCUT2D eigenvalue weighted by Crippen LogP contribution is -2.41. The lowest BCUT2D eigenvalue weighted by Gasteiger charge is -2.28. The van der Waals surface area contributed by atoms with E-state index >= 15 is 0 Å². The fraction of sp³-hybridized carbons (Fsp3) is 0.591. The van der Waals surface area contributed by atoms with Gasteiger partial charge in [-0.15, -0.1) is 0 Å². The van der Waals surface area contributed by atoms with Gasteiger partial charge in [0.05, 0.1) is 14.7 Å². The van der Waals surface area contributed by atoms with Gasteiger partial charge < -0.3 is 4.74 Å². The molecule has 2 rings (SSSR count). The molecule has 3 heteroatoms. The lowest BCUT2D eigenvalue weighted by molar-refractivity contribution is -0.138. The van der Waals surface area contributed by atoms with Gasteiger partial charge in [0.1, 0.15) is 0 Å². The Morgan fingerprint density at radius 2 is 1.76 bits per heavy atom. The molecule has 0 aliphatic heterocycles. The second kappa shape index (κ2) is 8.84. The van der Waals surface area contributed by atoms with Crippen molar-refractivity contribution in [1.29, 1.82) is 0 Å². The Morgan fingerprint density at radius 1 is 1.16 bits per heavy atom. The van der Waals surface area contributed by atoms with Crippen molar-refractivity contribution < 1.29 is 9.53 Å². The van der Waals surface area contributed by atoms with Gasteiger partial charge in [0, 0.05) is 5.57 Å². The van der Waals surface area contributed by atoms with E-state index in [0.29, 0.717) is 12.2 Å². The Labute approximate surface area is 154 Å². The van der Waals surface area contributed by atoms with Crippen LogP contribution in [0.5, 0.6) is 0 Å². The number of rotatable bonds is 7. The highest BCUT2D eigenvalue weighted by Crippen LogP contribution is 2.35. The maximum atomic E-state index is 11.4. The van der Waals surface area contributed by atoms with Gasteiger partial charge in [0.15, 0.2) is 0 Å². The zero-order chi connectivity index (χ0) is 18.4. The van der Waals surface area contributed by atoms with Gasteiger partial charge in [-0.3, -0.25) is 0 Å². The van der Waals surface area contributed by atoms with Crippen LogP contribution in [0.1, 0.15) is 57.4 Å². The minimum absolute atomic E-state index is 0.273.